The Kier molecular flexibility index (Phi) is 3.59. The molecular formula is C16H18F3NO. The third-order valence-electron chi connectivity index (χ3n) is 4.34. The monoisotopic (exact) mass is 297 g/mol. The van der Waals surface area contributed by atoms with Gasteiger partial charge >= 0.3 is 6.18 Å². The molecule has 0 unspecified atom stereocenters. The van der Waals surface area contributed by atoms with Gasteiger partial charge in [-0.3, -0.25) is 0 Å². The second-order valence-corrected chi connectivity index (χ2v) is 5.66. The molecule has 114 valence electrons. The van der Waals surface area contributed by atoms with E-state index < -0.39 is 11.7 Å². The van der Waals surface area contributed by atoms with Gasteiger partial charge in [-0.1, -0.05) is 13.3 Å². The maximum Gasteiger partial charge on any atom is 0.417 e. The lowest BCUT2D eigenvalue weighted by Gasteiger charge is -2.34. The average Bonchev–Trinajstić information content (AvgIpc) is 2.94. The smallest absolute Gasteiger partial charge is 0.417 e. The summed E-state index contributed by atoms with van der Waals surface area (Å²) in [6.07, 6.45) is 0.342. The number of piperidine rings is 1. The Morgan fingerprint density at radius 1 is 1.29 bits per heavy atom. The summed E-state index contributed by atoms with van der Waals surface area (Å²) in [6, 6.07) is 4.12. The summed E-state index contributed by atoms with van der Waals surface area (Å²) in [5.41, 5.74) is 0.502. The molecule has 0 amide bonds. The number of halogens is 3. The van der Waals surface area contributed by atoms with Crippen molar-refractivity contribution in [2.75, 3.05) is 18.0 Å². The topological polar surface area (TPSA) is 16.4 Å². The maximum absolute atomic E-state index is 13.0. The van der Waals surface area contributed by atoms with E-state index in [1.165, 1.54) is 24.8 Å². The van der Waals surface area contributed by atoms with Gasteiger partial charge in [0.2, 0.25) is 0 Å². The summed E-state index contributed by atoms with van der Waals surface area (Å²) >= 11 is 0. The fraction of sp³-hybridized carbons (Fsp3) is 0.500. The molecule has 1 aromatic heterocycles. The zero-order valence-electron chi connectivity index (χ0n) is 11.9. The summed E-state index contributed by atoms with van der Waals surface area (Å²) in [4.78, 5) is 2.16. The van der Waals surface area contributed by atoms with Crippen LogP contribution in [0.2, 0.25) is 0 Å². The molecule has 2 heterocycles. The van der Waals surface area contributed by atoms with Crippen LogP contribution in [0.25, 0.3) is 11.0 Å². The van der Waals surface area contributed by atoms with Crippen molar-refractivity contribution in [2.45, 2.75) is 32.4 Å². The third kappa shape index (κ3) is 2.61. The molecule has 5 heteroatoms. The molecule has 1 aliphatic heterocycles. The highest BCUT2D eigenvalue weighted by Crippen LogP contribution is 2.40. The molecule has 2 aromatic rings. The number of benzene rings is 1. The van der Waals surface area contributed by atoms with Gasteiger partial charge in [-0.2, -0.15) is 13.2 Å². The zero-order valence-corrected chi connectivity index (χ0v) is 11.9. The molecule has 0 saturated carbocycles. The van der Waals surface area contributed by atoms with Gasteiger partial charge in [0, 0.05) is 18.5 Å². The minimum atomic E-state index is -4.35. The van der Waals surface area contributed by atoms with E-state index in [0.717, 1.165) is 31.6 Å². The largest absolute Gasteiger partial charge is 0.462 e. The number of fused-ring (bicyclic) bond motifs is 1. The minimum Gasteiger partial charge on any atom is -0.462 e. The van der Waals surface area contributed by atoms with E-state index in [0.29, 0.717) is 11.5 Å². The number of anilines is 1. The standard InChI is InChI=1S/C16H18F3NO/c1-2-11-4-3-8-20(10-11)14-6-5-13(16(17,18)19)12-7-9-21-15(12)14/h5-7,9,11H,2-4,8,10H2,1H3/t11-/m1/s1. The first kappa shape index (κ1) is 14.3. The van der Waals surface area contributed by atoms with Gasteiger partial charge in [0.1, 0.15) is 0 Å². The van der Waals surface area contributed by atoms with Gasteiger partial charge in [-0.25, -0.2) is 0 Å². The number of alkyl halides is 3. The SMILES string of the molecule is CC[C@@H]1CCCN(c2ccc(C(F)(F)F)c3ccoc23)C1. The Balaban J connectivity index is 2.03. The Morgan fingerprint density at radius 3 is 2.81 bits per heavy atom. The predicted molar refractivity (Wildman–Crippen MR) is 76.4 cm³/mol. The van der Waals surface area contributed by atoms with Crippen LogP contribution >= 0.6 is 0 Å². The highest BCUT2D eigenvalue weighted by Gasteiger charge is 2.34. The van der Waals surface area contributed by atoms with E-state index >= 15 is 0 Å². The second kappa shape index (κ2) is 5.28. The van der Waals surface area contributed by atoms with Crippen LogP contribution in [0, 0.1) is 5.92 Å². The molecule has 1 aromatic carbocycles. The maximum atomic E-state index is 13.0. The van der Waals surface area contributed by atoms with Crippen LogP contribution in [0.5, 0.6) is 0 Å². The van der Waals surface area contributed by atoms with Gasteiger partial charge in [0.25, 0.3) is 0 Å². The number of nitrogens with zero attached hydrogens (tertiary/aromatic N) is 1. The first-order valence-electron chi connectivity index (χ1n) is 7.33. The Bertz CT molecular complexity index is 632. The van der Waals surface area contributed by atoms with Gasteiger partial charge in [-0.05, 0) is 37.0 Å². The first-order chi connectivity index (χ1) is 10.0. The summed E-state index contributed by atoms with van der Waals surface area (Å²) in [7, 11) is 0. The fourth-order valence-electron chi connectivity index (χ4n) is 3.16. The average molecular weight is 297 g/mol. The van der Waals surface area contributed by atoms with Gasteiger partial charge in [-0.15, -0.1) is 0 Å². The zero-order chi connectivity index (χ0) is 15.0. The summed E-state index contributed by atoms with van der Waals surface area (Å²) in [5.74, 6) is 0.603. The Morgan fingerprint density at radius 2 is 2.10 bits per heavy atom. The van der Waals surface area contributed by atoms with Crippen molar-refractivity contribution in [1.82, 2.24) is 0 Å². The van der Waals surface area contributed by atoms with Crippen LogP contribution in [-0.4, -0.2) is 13.1 Å². The lowest BCUT2D eigenvalue weighted by Crippen LogP contribution is -2.35. The summed E-state index contributed by atoms with van der Waals surface area (Å²) < 4.78 is 44.5. The molecule has 0 radical (unpaired) electrons. The molecule has 1 aliphatic rings. The lowest BCUT2D eigenvalue weighted by molar-refractivity contribution is -0.136. The number of hydrogen-bond donors (Lipinski definition) is 0. The van der Waals surface area contributed by atoms with Crippen LogP contribution in [0.3, 0.4) is 0 Å². The van der Waals surface area contributed by atoms with Crippen LogP contribution in [0.4, 0.5) is 18.9 Å². The van der Waals surface area contributed by atoms with Crippen LogP contribution < -0.4 is 4.90 Å². The highest BCUT2D eigenvalue weighted by atomic mass is 19.4. The molecule has 2 nitrogen and oxygen atoms in total. The van der Waals surface area contributed by atoms with Gasteiger partial charge in [0.05, 0.1) is 17.5 Å². The van der Waals surface area contributed by atoms with Crippen LogP contribution in [0.1, 0.15) is 31.7 Å². The second-order valence-electron chi connectivity index (χ2n) is 5.66. The summed E-state index contributed by atoms with van der Waals surface area (Å²) in [5, 5.41) is 0.152. The molecule has 21 heavy (non-hydrogen) atoms. The normalized spacial score (nSPS) is 20.2. The van der Waals surface area contributed by atoms with Gasteiger partial charge in [0.15, 0.2) is 5.58 Å². The fourth-order valence-corrected chi connectivity index (χ4v) is 3.16. The van der Waals surface area contributed by atoms with E-state index in [1.807, 2.05) is 0 Å². The molecular weight excluding hydrogens is 279 g/mol. The molecule has 0 aliphatic carbocycles. The summed E-state index contributed by atoms with van der Waals surface area (Å²) in [6.45, 7) is 3.92. The molecule has 0 N–H and O–H groups in total. The van der Waals surface area contributed by atoms with Crippen molar-refractivity contribution in [3.8, 4) is 0 Å². The number of hydrogen-bond acceptors (Lipinski definition) is 2. The number of rotatable bonds is 2. The number of furan rings is 1. The minimum absolute atomic E-state index is 0.152. The molecule has 0 spiro atoms. The van der Waals surface area contributed by atoms with Crippen molar-refractivity contribution in [3.63, 3.8) is 0 Å². The quantitative estimate of drug-likeness (QED) is 0.768. The van der Waals surface area contributed by atoms with E-state index in [1.54, 1.807) is 6.07 Å². The van der Waals surface area contributed by atoms with E-state index in [2.05, 4.69) is 11.8 Å². The third-order valence-corrected chi connectivity index (χ3v) is 4.34. The van der Waals surface area contributed by atoms with E-state index in [9.17, 15) is 13.2 Å². The predicted octanol–water partition coefficient (Wildman–Crippen LogP) is 5.08. The highest BCUT2D eigenvalue weighted by molar-refractivity contribution is 5.92. The van der Waals surface area contributed by atoms with Crippen molar-refractivity contribution < 1.29 is 17.6 Å². The van der Waals surface area contributed by atoms with Crippen molar-refractivity contribution in [2.24, 2.45) is 5.92 Å². The lowest BCUT2D eigenvalue weighted by atomic mass is 9.95. The molecule has 0 bridgehead atoms. The van der Waals surface area contributed by atoms with Crippen molar-refractivity contribution in [3.05, 3.63) is 30.0 Å². The molecule has 1 atom stereocenters. The first-order valence-corrected chi connectivity index (χ1v) is 7.33. The van der Waals surface area contributed by atoms with Gasteiger partial charge < -0.3 is 9.32 Å². The van der Waals surface area contributed by atoms with Crippen molar-refractivity contribution in [1.29, 1.82) is 0 Å². The van der Waals surface area contributed by atoms with Crippen LogP contribution in [0.15, 0.2) is 28.9 Å². The van der Waals surface area contributed by atoms with Crippen molar-refractivity contribution >= 4 is 16.7 Å². The molecule has 1 fully saturated rings. The Hall–Kier alpha value is -1.65. The van der Waals surface area contributed by atoms with E-state index in [4.69, 9.17) is 4.42 Å². The van der Waals surface area contributed by atoms with E-state index in [-0.39, 0.29) is 5.39 Å². The Labute approximate surface area is 121 Å². The molecule has 3 rings (SSSR count). The van der Waals surface area contributed by atoms with Crippen LogP contribution in [-0.2, 0) is 6.18 Å². The molecule has 1 saturated heterocycles.